The third-order valence-electron chi connectivity index (χ3n) is 1.62. The van der Waals surface area contributed by atoms with Crippen LogP contribution in [0.25, 0.3) is 0 Å². The Morgan fingerprint density at radius 1 is 1.25 bits per heavy atom. The van der Waals surface area contributed by atoms with E-state index in [1.54, 1.807) is 0 Å². The number of thioether (sulfide) groups is 1. The van der Waals surface area contributed by atoms with Crippen molar-refractivity contribution in [3.05, 3.63) is 30.1 Å². The molecule has 0 spiro atoms. The maximum atomic E-state index is 13.1. The van der Waals surface area contributed by atoms with Crippen LogP contribution in [0.1, 0.15) is 0 Å². The summed E-state index contributed by atoms with van der Waals surface area (Å²) >= 11 is -0.253. The zero-order valence-corrected chi connectivity index (χ0v) is 9.59. The van der Waals surface area contributed by atoms with Crippen molar-refractivity contribution in [3.63, 3.8) is 0 Å². The molecule has 1 aromatic carbocycles. The summed E-state index contributed by atoms with van der Waals surface area (Å²) in [4.78, 5) is -0.0507. The van der Waals surface area contributed by atoms with Gasteiger partial charge in [-0.1, -0.05) is 23.9 Å². The first kappa shape index (κ1) is 13.5. The maximum Gasteiger partial charge on any atom is 0.441 e. The molecule has 0 aliphatic heterocycles. The van der Waals surface area contributed by atoms with Crippen molar-refractivity contribution in [3.8, 4) is 0 Å². The first-order valence-corrected chi connectivity index (χ1v) is 6.54. The van der Waals surface area contributed by atoms with Crippen molar-refractivity contribution in [2.24, 2.45) is 0 Å². The molecule has 0 aliphatic carbocycles. The average Bonchev–Trinajstić information content (AvgIpc) is 2.16. The van der Waals surface area contributed by atoms with Gasteiger partial charge in [-0.3, -0.25) is 4.21 Å². The molecule has 90 valence electrons. The zero-order chi connectivity index (χ0) is 12.2. The molecule has 0 amide bonds. The van der Waals surface area contributed by atoms with Gasteiger partial charge in [0.05, 0.1) is 15.7 Å². The molecule has 0 heterocycles. The van der Waals surface area contributed by atoms with Crippen molar-refractivity contribution in [2.45, 2.75) is 10.4 Å². The summed E-state index contributed by atoms with van der Waals surface area (Å²) in [6, 6.07) is 5.36. The molecule has 0 aliphatic rings. The van der Waals surface area contributed by atoms with E-state index < -0.39 is 22.1 Å². The fraction of sp³-hybridized carbons (Fsp3) is 0.333. The van der Waals surface area contributed by atoms with Crippen LogP contribution in [0.3, 0.4) is 0 Å². The predicted octanol–water partition coefficient (Wildman–Crippen LogP) is 3.19. The topological polar surface area (TPSA) is 17.1 Å². The molecule has 0 saturated carbocycles. The van der Waals surface area contributed by atoms with Gasteiger partial charge in [-0.2, -0.15) is 13.2 Å². The van der Waals surface area contributed by atoms with Crippen LogP contribution in [0.5, 0.6) is 0 Å². The quantitative estimate of drug-likeness (QED) is 0.783. The van der Waals surface area contributed by atoms with E-state index in [9.17, 15) is 21.8 Å². The van der Waals surface area contributed by atoms with Crippen molar-refractivity contribution < 1.29 is 21.8 Å². The molecule has 0 aromatic heterocycles. The van der Waals surface area contributed by atoms with Gasteiger partial charge in [-0.25, -0.2) is 4.39 Å². The van der Waals surface area contributed by atoms with Crippen LogP contribution >= 0.6 is 11.8 Å². The van der Waals surface area contributed by atoms with Crippen molar-refractivity contribution in [1.29, 1.82) is 0 Å². The third kappa shape index (κ3) is 4.52. The molecule has 1 rings (SSSR count). The molecule has 1 unspecified atom stereocenters. The summed E-state index contributed by atoms with van der Waals surface area (Å²) in [5, 5.41) is 0. The van der Waals surface area contributed by atoms with Gasteiger partial charge in [0, 0.05) is 11.5 Å². The number of alkyl halides is 3. The van der Waals surface area contributed by atoms with Crippen LogP contribution in [0.2, 0.25) is 0 Å². The Balaban J connectivity index is 2.51. The van der Waals surface area contributed by atoms with Crippen LogP contribution in [0.15, 0.2) is 29.2 Å². The number of rotatable bonds is 4. The number of hydrogen-bond donors (Lipinski definition) is 0. The second-order valence-corrected chi connectivity index (χ2v) is 5.47. The predicted molar refractivity (Wildman–Crippen MR) is 56.2 cm³/mol. The third-order valence-corrected chi connectivity index (χ3v) is 4.01. The van der Waals surface area contributed by atoms with Gasteiger partial charge in [-0.05, 0) is 12.1 Å². The summed E-state index contributed by atoms with van der Waals surface area (Å²) in [7, 11) is -1.73. The van der Waals surface area contributed by atoms with E-state index in [-0.39, 0.29) is 28.2 Å². The summed E-state index contributed by atoms with van der Waals surface area (Å²) in [5.41, 5.74) is -4.33. The highest BCUT2D eigenvalue weighted by Crippen LogP contribution is 2.30. The number of benzene rings is 1. The lowest BCUT2D eigenvalue weighted by atomic mass is 10.3. The Kier molecular flexibility index (Phi) is 4.79. The zero-order valence-electron chi connectivity index (χ0n) is 7.96. The SMILES string of the molecule is O=S(CCSC(F)(F)F)c1ccccc1F. The van der Waals surface area contributed by atoms with Crippen LogP contribution in [0.4, 0.5) is 17.6 Å². The summed E-state index contributed by atoms with van der Waals surface area (Å²) in [6.45, 7) is 0. The average molecular weight is 272 g/mol. The molecule has 0 radical (unpaired) electrons. The lowest BCUT2D eigenvalue weighted by Gasteiger charge is -2.05. The first-order chi connectivity index (χ1) is 7.40. The minimum absolute atomic E-state index is 0.0507. The van der Waals surface area contributed by atoms with E-state index in [0.717, 1.165) is 6.07 Å². The molecule has 0 fully saturated rings. The van der Waals surface area contributed by atoms with Crippen LogP contribution < -0.4 is 0 Å². The Hall–Kier alpha value is -0.560. The largest absolute Gasteiger partial charge is 0.441 e. The minimum atomic E-state index is -4.33. The first-order valence-electron chi connectivity index (χ1n) is 4.24. The Labute approximate surface area is 96.7 Å². The standard InChI is InChI=1S/C9H8F4OS2/c10-7-3-1-2-4-8(7)16(14)6-5-15-9(11,12)13/h1-4H,5-6H2. The van der Waals surface area contributed by atoms with Crippen LogP contribution in [-0.2, 0) is 10.8 Å². The molecule has 0 saturated heterocycles. The molecule has 1 aromatic rings. The van der Waals surface area contributed by atoms with Gasteiger partial charge in [0.15, 0.2) is 0 Å². The van der Waals surface area contributed by atoms with Crippen molar-refractivity contribution in [1.82, 2.24) is 0 Å². The maximum absolute atomic E-state index is 13.1. The van der Waals surface area contributed by atoms with E-state index >= 15 is 0 Å². The Morgan fingerprint density at radius 3 is 2.44 bits per heavy atom. The molecule has 0 bridgehead atoms. The summed E-state index contributed by atoms with van der Waals surface area (Å²) in [6.07, 6.45) is 0. The van der Waals surface area contributed by atoms with Gasteiger partial charge in [-0.15, -0.1) is 0 Å². The van der Waals surface area contributed by atoms with E-state index in [1.165, 1.54) is 18.2 Å². The van der Waals surface area contributed by atoms with Crippen LogP contribution in [0, 0.1) is 5.82 Å². The highest BCUT2D eigenvalue weighted by molar-refractivity contribution is 8.00. The monoisotopic (exact) mass is 272 g/mol. The normalized spacial score (nSPS) is 13.8. The Morgan fingerprint density at radius 2 is 1.88 bits per heavy atom. The second kappa shape index (κ2) is 5.67. The molecular formula is C9H8F4OS2. The number of halogens is 4. The fourth-order valence-electron chi connectivity index (χ4n) is 0.972. The fourth-order valence-corrected chi connectivity index (χ4v) is 2.88. The molecule has 0 N–H and O–H groups in total. The number of hydrogen-bond acceptors (Lipinski definition) is 2. The molecule has 1 atom stereocenters. The van der Waals surface area contributed by atoms with Crippen molar-refractivity contribution in [2.75, 3.05) is 11.5 Å². The van der Waals surface area contributed by atoms with E-state index in [2.05, 4.69) is 0 Å². The molecule has 1 nitrogen and oxygen atoms in total. The highest BCUT2D eigenvalue weighted by Gasteiger charge is 2.28. The van der Waals surface area contributed by atoms with Crippen LogP contribution in [-0.4, -0.2) is 21.2 Å². The second-order valence-electron chi connectivity index (χ2n) is 2.77. The Bertz CT molecular complexity index is 378. The molecule has 16 heavy (non-hydrogen) atoms. The minimum Gasteiger partial charge on any atom is -0.254 e. The van der Waals surface area contributed by atoms with Gasteiger partial charge in [0.2, 0.25) is 0 Å². The molecular weight excluding hydrogens is 264 g/mol. The smallest absolute Gasteiger partial charge is 0.254 e. The summed E-state index contributed by atoms with van der Waals surface area (Å²) < 4.78 is 59.9. The van der Waals surface area contributed by atoms with Gasteiger partial charge in [0.25, 0.3) is 0 Å². The van der Waals surface area contributed by atoms with Gasteiger partial charge >= 0.3 is 5.51 Å². The molecule has 7 heteroatoms. The lowest BCUT2D eigenvalue weighted by Crippen LogP contribution is -2.08. The lowest BCUT2D eigenvalue weighted by molar-refractivity contribution is -0.0326. The van der Waals surface area contributed by atoms with Crippen molar-refractivity contribution >= 4 is 22.6 Å². The van der Waals surface area contributed by atoms with E-state index in [0.29, 0.717) is 0 Å². The van der Waals surface area contributed by atoms with Gasteiger partial charge in [0.1, 0.15) is 5.82 Å². The van der Waals surface area contributed by atoms with E-state index in [1.807, 2.05) is 0 Å². The highest BCUT2D eigenvalue weighted by atomic mass is 32.2. The van der Waals surface area contributed by atoms with E-state index in [4.69, 9.17) is 0 Å². The summed E-state index contributed by atoms with van der Waals surface area (Å²) in [5.74, 6) is -1.21. The van der Waals surface area contributed by atoms with Gasteiger partial charge < -0.3 is 0 Å².